The normalized spacial score (nSPS) is 10.2. The summed E-state index contributed by atoms with van der Waals surface area (Å²) in [4.78, 5) is 2.18. The Morgan fingerprint density at radius 3 is 1.53 bits per heavy atom. The number of rotatable bonds is 11. The van der Waals surface area contributed by atoms with E-state index in [0.29, 0.717) is 0 Å². The van der Waals surface area contributed by atoms with Crippen molar-refractivity contribution in [2.45, 2.75) is 45.4 Å². The van der Waals surface area contributed by atoms with Gasteiger partial charge in [0.1, 0.15) is 5.75 Å². The van der Waals surface area contributed by atoms with E-state index < -0.39 is 0 Å². The van der Waals surface area contributed by atoms with Gasteiger partial charge in [-0.25, -0.2) is 0 Å². The summed E-state index contributed by atoms with van der Waals surface area (Å²) in [5.41, 5.74) is 4.81. The average molecular weight is 422 g/mol. The molecule has 0 aliphatic carbocycles. The van der Waals surface area contributed by atoms with Crippen molar-refractivity contribution < 1.29 is 4.74 Å². The van der Waals surface area contributed by atoms with Crippen molar-refractivity contribution in [1.29, 1.82) is 0 Å². The summed E-state index contributed by atoms with van der Waals surface area (Å²) in [7, 11) is 0. The highest BCUT2D eigenvalue weighted by Gasteiger charge is 2.12. The van der Waals surface area contributed by atoms with Crippen molar-refractivity contribution in [3.8, 4) is 30.4 Å². The molecule has 162 valence electrons. The Hall–Kier alpha value is -3.62. The lowest BCUT2D eigenvalue weighted by molar-refractivity contribution is 0.304. The van der Waals surface area contributed by atoms with Gasteiger partial charge in [0.15, 0.2) is 0 Å². The van der Waals surface area contributed by atoms with Gasteiger partial charge < -0.3 is 9.64 Å². The second-order valence-electron chi connectivity index (χ2n) is 7.83. The van der Waals surface area contributed by atoms with E-state index in [1.807, 2.05) is 60.7 Å². The first-order chi connectivity index (χ1) is 15.7. The lowest BCUT2D eigenvalue weighted by atomic mass is 10.1. The minimum Gasteiger partial charge on any atom is -0.494 e. The first kappa shape index (κ1) is 23.1. The zero-order valence-corrected chi connectivity index (χ0v) is 18.9. The van der Waals surface area contributed by atoms with E-state index in [4.69, 9.17) is 17.6 Å². The molecule has 3 rings (SSSR count). The van der Waals surface area contributed by atoms with Crippen LogP contribution in [0.5, 0.6) is 5.75 Å². The highest BCUT2D eigenvalue weighted by atomic mass is 16.5. The Balaban J connectivity index is 1.73. The number of unbranched alkanes of at least 4 members (excludes halogenated alkanes) is 5. The van der Waals surface area contributed by atoms with Crippen LogP contribution in [-0.4, -0.2) is 6.61 Å². The Labute approximate surface area is 193 Å². The van der Waals surface area contributed by atoms with Crippen LogP contribution in [0.2, 0.25) is 0 Å². The van der Waals surface area contributed by atoms with Crippen LogP contribution in [-0.2, 0) is 0 Å². The molecule has 0 heterocycles. The van der Waals surface area contributed by atoms with E-state index in [1.165, 1.54) is 32.1 Å². The molecule has 0 aliphatic heterocycles. The molecule has 2 heteroatoms. The average Bonchev–Trinajstić information content (AvgIpc) is 2.85. The summed E-state index contributed by atoms with van der Waals surface area (Å²) in [6.45, 7) is 3.00. The van der Waals surface area contributed by atoms with E-state index in [-0.39, 0.29) is 0 Å². The van der Waals surface area contributed by atoms with Crippen LogP contribution in [0.3, 0.4) is 0 Å². The number of anilines is 3. The summed E-state index contributed by atoms with van der Waals surface area (Å²) in [6, 6.07) is 24.2. The summed E-state index contributed by atoms with van der Waals surface area (Å²) >= 11 is 0. The predicted molar refractivity (Wildman–Crippen MR) is 136 cm³/mol. The molecule has 0 bridgehead atoms. The Bertz CT molecular complexity index is 977. The lowest BCUT2D eigenvalue weighted by Gasteiger charge is -2.25. The fraction of sp³-hybridized carbons (Fsp3) is 0.267. The van der Waals surface area contributed by atoms with Crippen LogP contribution in [0.15, 0.2) is 72.8 Å². The molecule has 2 nitrogen and oxygen atoms in total. The van der Waals surface area contributed by atoms with Crippen LogP contribution in [0.1, 0.15) is 56.6 Å². The fourth-order valence-corrected chi connectivity index (χ4v) is 3.62. The minimum atomic E-state index is 0.760. The highest BCUT2D eigenvalue weighted by Crippen LogP contribution is 2.35. The maximum Gasteiger partial charge on any atom is 0.119 e. The smallest absolute Gasteiger partial charge is 0.119 e. The molecule has 0 saturated heterocycles. The van der Waals surface area contributed by atoms with Crippen molar-refractivity contribution in [3.63, 3.8) is 0 Å². The maximum atomic E-state index is 5.96. The van der Waals surface area contributed by atoms with Gasteiger partial charge in [0.05, 0.1) is 6.61 Å². The van der Waals surface area contributed by atoms with E-state index in [2.05, 4.69) is 35.8 Å². The van der Waals surface area contributed by atoms with Crippen LogP contribution >= 0.6 is 0 Å². The molecule has 0 aliphatic rings. The molecular formula is C30H31NO. The van der Waals surface area contributed by atoms with E-state index in [0.717, 1.165) is 47.0 Å². The number of hydrogen-bond donors (Lipinski definition) is 0. The summed E-state index contributed by atoms with van der Waals surface area (Å²) in [5, 5.41) is 0. The van der Waals surface area contributed by atoms with E-state index >= 15 is 0 Å². The van der Waals surface area contributed by atoms with Gasteiger partial charge >= 0.3 is 0 Å². The van der Waals surface area contributed by atoms with Gasteiger partial charge in [-0.1, -0.05) is 50.9 Å². The SMILES string of the molecule is C#Cc1ccc(N(c2ccc(C#C)cc2)c2ccc(OCCCCCCCC)cc2)cc1. The second-order valence-corrected chi connectivity index (χ2v) is 7.83. The fourth-order valence-electron chi connectivity index (χ4n) is 3.62. The third kappa shape index (κ3) is 6.44. The molecule has 3 aromatic rings. The van der Waals surface area contributed by atoms with Gasteiger partial charge in [0.25, 0.3) is 0 Å². The van der Waals surface area contributed by atoms with Crippen molar-refractivity contribution >= 4 is 17.1 Å². The first-order valence-electron chi connectivity index (χ1n) is 11.4. The molecular weight excluding hydrogens is 390 g/mol. The van der Waals surface area contributed by atoms with Crippen molar-refractivity contribution in [2.24, 2.45) is 0 Å². The van der Waals surface area contributed by atoms with Crippen molar-refractivity contribution in [1.82, 2.24) is 0 Å². The zero-order chi connectivity index (χ0) is 22.6. The number of hydrogen-bond acceptors (Lipinski definition) is 2. The van der Waals surface area contributed by atoms with Crippen molar-refractivity contribution in [3.05, 3.63) is 83.9 Å². The van der Waals surface area contributed by atoms with Gasteiger partial charge in [-0.2, -0.15) is 0 Å². The quantitative estimate of drug-likeness (QED) is 0.231. The molecule has 0 unspecified atom stereocenters. The standard InChI is InChI=1S/C30H31NO/c1-4-7-8-9-10-11-24-32-30-22-20-29(21-23-30)31(27-16-12-25(5-2)13-17-27)28-18-14-26(6-3)15-19-28/h2-3,12-23H,4,7-11,24H2,1H3. The lowest BCUT2D eigenvalue weighted by Crippen LogP contribution is -2.10. The maximum absolute atomic E-state index is 5.96. The minimum absolute atomic E-state index is 0.760. The molecule has 0 amide bonds. The Kier molecular flexibility index (Phi) is 8.85. The third-order valence-corrected chi connectivity index (χ3v) is 5.45. The highest BCUT2D eigenvalue weighted by molar-refractivity contribution is 5.77. The largest absolute Gasteiger partial charge is 0.494 e. The number of nitrogens with zero attached hydrogens (tertiary/aromatic N) is 1. The van der Waals surface area contributed by atoms with Gasteiger partial charge in [-0.05, 0) is 79.2 Å². The van der Waals surface area contributed by atoms with E-state index in [9.17, 15) is 0 Å². The van der Waals surface area contributed by atoms with Crippen LogP contribution < -0.4 is 9.64 Å². The first-order valence-corrected chi connectivity index (χ1v) is 11.4. The Morgan fingerprint density at radius 1 is 0.625 bits per heavy atom. The molecule has 0 N–H and O–H groups in total. The van der Waals surface area contributed by atoms with Gasteiger partial charge in [0, 0.05) is 28.2 Å². The topological polar surface area (TPSA) is 12.5 Å². The molecule has 0 atom stereocenters. The monoisotopic (exact) mass is 421 g/mol. The second kappa shape index (κ2) is 12.3. The van der Waals surface area contributed by atoms with Gasteiger partial charge in [-0.15, -0.1) is 12.8 Å². The molecule has 32 heavy (non-hydrogen) atoms. The molecule has 0 fully saturated rings. The zero-order valence-electron chi connectivity index (χ0n) is 18.9. The van der Waals surface area contributed by atoms with Gasteiger partial charge in [0.2, 0.25) is 0 Å². The van der Waals surface area contributed by atoms with Crippen LogP contribution in [0, 0.1) is 24.7 Å². The van der Waals surface area contributed by atoms with Crippen LogP contribution in [0.4, 0.5) is 17.1 Å². The van der Waals surface area contributed by atoms with E-state index in [1.54, 1.807) is 0 Å². The molecule has 0 spiro atoms. The molecule has 0 aromatic heterocycles. The molecule has 0 radical (unpaired) electrons. The summed E-state index contributed by atoms with van der Waals surface area (Å²) < 4.78 is 5.96. The number of benzene rings is 3. The summed E-state index contributed by atoms with van der Waals surface area (Å²) in [6.07, 6.45) is 18.6. The third-order valence-electron chi connectivity index (χ3n) is 5.45. The summed E-state index contributed by atoms with van der Waals surface area (Å²) in [5.74, 6) is 6.25. The van der Waals surface area contributed by atoms with Gasteiger partial charge in [-0.3, -0.25) is 0 Å². The number of ether oxygens (including phenoxy) is 1. The predicted octanol–water partition coefficient (Wildman–Crippen LogP) is 7.86. The van der Waals surface area contributed by atoms with Crippen LogP contribution in [0.25, 0.3) is 0 Å². The van der Waals surface area contributed by atoms with Crippen molar-refractivity contribution in [2.75, 3.05) is 11.5 Å². The number of terminal acetylenes is 2. The Morgan fingerprint density at radius 2 is 1.06 bits per heavy atom. The molecule has 0 saturated carbocycles. The molecule has 3 aromatic carbocycles.